The van der Waals surface area contributed by atoms with Gasteiger partial charge in [-0.25, -0.2) is 0 Å². The van der Waals surface area contributed by atoms with Crippen molar-refractivity contribution in [1.82, 2.24) is 0 Å². The van der Waals surface area contributed by atoms with Crippen LogP contribution < -0.4 is 0 Å². The highest BCUT2D eigenvalue weighted by Crippen LogP contribution is 2.39. The average Bonchev–Trinajstić information content (AvgIpc) is 2.71. The van der Waals surface area contributed by atoms with Gasteiger partial charge in [-0.05, 0) is 49.7 Å². The Labute approximate surface area is 56.3 Å². The minimum absolute atomic E-state index is 0.960. The standard InChI is InChI=1S/C9H12/c1-2-4-8(5-3-1)9-6-7-9/h2,9H,1,3,5-7H2. The molecule has 0 unspecified atom stereocenters. The van der Waals surface area contributed by atoms with E-state index in [1.807, 2.05) is 0 Å². The summed E-state index contributed by atoms with van der Waals surface area (Å²) < 4.78 is 0. The first-order valence-electron chi connectivity index (χ1n) is 3.91. The van der Waals surface area contributed by atoms with Gasteiger partial charge in [0.1, 0.15) is 0 Å². The van der Waals surface area contributed by atoms with Gasteiger partial charge in [0, 0.05) is 0 Å². The van der Waals surface area contributed by atoms with E-state index in [2.05, 4.69) is 11.8 Å². The Morgan fingerprint density at radius 3 is 2.89 bits per heavy atom. The Bertz CT molecular complexity index is 166. The second-order valence-corrected chi connectivity index (χ2v) is 3.04. The van der Waals surface area contributed by atoms with E-state index >= 15 is 0 Å². The van der Waals surface area contributed by atoms with Gasteiger partial charge in [0.25, 0.3) is 0 Å². The van der Waals surface area contributed by atoms with Crippen LogP contribution in [0.2, 0.25) is 0 Å². The summed E-state index contributed by atoms with van der Waals surface area (Å²) in [6.45, 7) is 0. The molecule has 1 fully saturated rings. The number of hydrogen-bond acceptors (Lipinski definition) is 0. The molecule has 0 aromatic rings. The van der Waals surface area contributed by atoms with Crippen LogP contribution >= 0.6 is 0 Å². The van der Waals surface area contributed by atoms with Gasteiger partial charge in [0.15, 0.2) is 0 Å². The van der Waals surface area contributed by atoms with Gasteiger partial charge in [-0.15, -0.1) is 5.73 Å². The number of hydrogen-bond donors (Lipinski definition) is 0. The normalized spacial score (nSPS) is 26.0. The molecule has 0 amide bonds. The minimum atomic E-state index is 0.960. The van der Waals surface area contributed by atoms with Gasteiger partial charge in [0.05, 0.1) is 0 Å². The highest BCUT2D eigenvalue weighted by molar-refractivity contribution is 5.14. The second-order valence-electron chi connectivity index (χ2n) is 3.04. The number of rotatable bonds is 1. The molecule has 1 saturated carbocycles. The molecule has 0 aliphatic heterocycles. The molecule has 0 nitrogen and oxygen atoms in total. The smallest absolute Gasteiger partial charge is 0.0127 e. The van der Waals surface area contributed by atoms with Gasteiger partial charge in [-0.3, -0.25) is 0 Å². The largest absolute Gasteiger partial charge is 0.126 e. The van der Waals surface area contributed by atoms with Crippen LogP contribution in [0.25, 0.3) is 0 Å². The zero-order chi connectivity index (χ0) is 6.10. The van der Waals surface area contributed by atoms with Crippen molar-refractivity contribution in [2.45, 2.75) is 32.1 Å². The molecule has 2 aliphatic carbocycles. The highest BCUT2D eigenvalue weighted by Gasteiger charge is 2.25. The topological polar surface area (TPSA) is 0 Å². The Morgan fingerprint density at radius 1 is 1.44 bits per heavy atom. The van der Waals surface area contributed by atoms with Gasteiger partial charge in [-0.1, -0.05) is 0 Å². The van der Waals surface area contributed by atoms with Gasteiger partial charge in [-0.2, -0.15) is 0 Å². The molecule has 0 heterocycles. The monoisotopic (exact) mass is 120 g/mol. The highest BCUT2D eigenvalue weighted by atomic mass is 14.3. The molecule has 2 rings (SSSR count). The van der Waals surface area contributed by atoms with Crippen LogP contribution in [0.5, 0.6) is 0 Å². The molecule has 0 bridgehead atoms. The van der Waals surface area contributed by atoms with Crippen molar-refractivity contribution in [1.29, 1.82) is 0 Å². The third-order valence-corrected chi connectivity index (χ3v) is 2.15. The molecule has 0 aromatic heterocycles. The average molecular weight is 120 g/mol. The van der Waals surface area contributed by atoms with Crippen molar-refractivity contribution >= 4 is 0 Å². The predicted molar refractivity (Wildman–Crippen MR) is 38.2 cm³/mol. The summed E-state index contributed by atoms with van der Waals surface area (Å²) in [5, 5.41) is 0. The van der Waals surface area contributed by atoms with E-state index in [-0.39, 0.29) is 0 Å². The molecule has 0 radical (unpaired) electrons. The van der Waals surface area contributed by atoms with E-state index in [0.717, 1.165) is 5.92 Å². The first kappa shape index (κ1) is 5.32. The summed E-state index contributed by atoms with van der Waals surface area (Å²) in [5.41, 5.74) is 4.98. The lowest BCUT2D eigenvalue weighted by Crippen LogP contribution is -1.87. The maximum atomic E-state index is 3.37. The maximum absolute atomic E-state index is 3.37. The zero-order valence-electron chi connectivity index (χ0n) is 5.69. The molecule has 0 heteroatoms. The van der Waals surface area contributed by atoms with Crippen LogP contribution in [0, 0.1) is 5.92 Å². The Kier molecular flexibility index (Phi) is 1.20. The van der Waals surface area contributed by atoms with Gasteiger partial charge >= 0.3 is 0 Å². The van der Waals surface area contributed by atoms with Crippen molar-refractivity contribution in [3.05, 3.63) is 17.4 Å². The fraction of sp³-hybridized carbons (Fsp3) is 0.667. The van der Waals surface area contributed by atoms with Crippen molar-refractivity contribution < 1.29 is 0 Å². The summed E-state index contributed by atoms with van der Waals surface area (Å²) in [6.07, 6.45) is 9.06. The zero-order valence-corrected chi connectivity index (χ0v) is 5.69. The Balaban J connectivity index is 2.14. The van der Waals surface area contributed by atoms with Gasteiger partial charge in [0.2, 0.25) is 0 Å². The summed E-state index contributed by atoms with van der Waals surface area (Å²) in [4.78, 5) is 0. The van der Waals surface area contributed by atoms with Gasteiger partial charge < -0.3 is 0 Å². The van der Waals surface area contributed by atoms with E-state index in [1.54, 1.807) is 5.57 Å². The summed E-state index contributed by atoms with van der Waals surface area (Å²) in [7, 11) is 0. The maximum Gasteiger partial charge on any atom is -0.0127 e. The van der Waals surface area contributed by atoms with Crippen molar-refractivity contribution in [2.75, 3.05) is 0 Å². The van der Waals surface area contributed by atoms with Crippen LogP contribution in [-0.4, -0.2) is 0 Å². The molecule has 0 aromatic carbocycles. The first-order valence-corrected chi connectivity index (χ1v) is 3.91. The molecular formula is C9H12. The third kappa shape index (κ3) is 1.09. The molecule has 0 N–H and O–H groups in total. The first-order chi connectivity index (χ1) is 4.47. The lowest BCUT2D eigenvalue weighted by atomic mass is 10.0. The predicted octanol–water partition coefficient (Wildman–Crippen LogP) is 2.66. The van der Waals surface area contributed by atoms with E-state index < -0.39 is 0 Å². The molecule has 0 saturated heterocycles. The summed E-state index contributed by atoms with van der Waals surface area (Å²) in [6, 6.07) is 0. The van der Waals surface area contributed by atoms with Crippen LogP contribution in [0.3, 0.4) is 0 Å². The molecule has 48 valence electrons. The molecule has 0 spiro atoms. The van der Waals surface area contributed by atoms with Crippen LogP contribution in [0.15, 0.2) is 17.4 Å². The molecule has 9 heavy (non-hydrogen) atoms. The van der Waals surface area contributed by atoms with Crippen molar-refractivity contribution in [3.63, 3.8) is 0 Å². The lowest BCUT2D eigenvalue weighted by Gasteiger charge is -2.03. The quantitative estimate of drug-likeness (QED) is 0.467. The van der Waals surface area contributed by atoms with E-state index in [4.69, 9.17) is 0 Å². The molecule has 0 atom stereocenters. The fourth-order valence-corrected chi connectivity index (χ4v) is 1.42. The number of allylic oxidation sites excluding steroid dienone is 1. The SMILES string of the molecule is C1=CCCCC=1C1CC1. The van der Waals surface area contributed by atoms with Crippen molar-refractivity contribution in [2.24, 2.45) is 5.92 Å². The van der Waals surface area contributed by atoms with Crippen LogP contribution in [0.1, 0.15) is 32.1 Å². The minimum Gasteiger partial charge on any atom is -0.126 e. The summed E-state index contributed by atoms with van der Waals surface area (Å²) >= 11 is 0. The van der Waals surface area contributed by atoms with Crippen LogP contribution in [0.4, 0.5) is 0 Å². The Hall–Kier alpha value is -0.480. The molecule has 2 aliphatic rings. The van der Waals surface area contributed by atoms with Crippen molar-refractivity contribution in [3.8, 4) is 0 Å². The third-order valence-electron chi connectivity index (χ3n) is 2.15. The lowest BCUT2D eigenvalue weighted by molar-refractivity contribution is 0.762. The van der Waals surface area contributed by atoms with E-state index in [9.17, 15) is 0 Å². The summed E-state index contributed by atoms with van der Waals surface area (Å²) in [5.74, 6) is 0.960. The fourth-order valence-electron chi connectivity index (χ4n) is 1.42. The van der Waals surface area contributed by atoms with E-state index in [1.165, 1.54) is 32.1 Å². The van der Waals surface area contributed by atoms with E-state index in [0.29, 0.717) is 0 Å². The second kappa shape index (κ2) is 2.04. The molecular weight excluding hydrogens is 108 g/mol. The Morgan fingerprint density at radius 2 is 2.33 bits per heavy atom. The van der Waals surface area contributed by atoms with Crippen LogP contribution in [-0.2, 0) is 0 Å².